The number of aromatic hydroxyl groups is 1. The number of nitrogen functional groups attached to an aromatic ring is 1. The number of hydrogen-bond acceptors (Lipinski definition) is 4. The average molecular weight is 255 g/mol. The van der Waals surface area contributed by atoms with E-state index in [0.29, 0.717) is 17.8 Å². The second-order valence-electron chi connectivity index (χ2n) is 4.22. The molecule has 0 aliphatic heterocycles. The van der Waals surface area contributed by atoms with Gasteiger partial charge in [0.05, 0.1) is 5.39 Å². The molecule has 0 bridgehead atoms. The Labute approximate surface area is 109 Å². The van der Waals surface area contributed by atoms with Gasteiger partial charge in [0.2, 0.25) is 0 Å². The van der Waals surface area contributed by atoms with Crippen molar-refractivity contribution in [2.45, 2.75) is 6.61 Å². The summed E-state index contributed by atoms with van der Waals surface area (Å²) in [6, 6.07) is 14.7. The van der Waals surface area contributed by atoms with Crippen LogP contribution in [0.15, 0.2) is 48.5 Å². The van der Waals surface area contributed by atoms with Crippen molar-refractivity contribution in [2.24, 2.45) is 0 Å². The van der Waals surface area contributed by atoms with Crippen molar-refractivity contribution in [3.8, 4) is 5.75 Å². The fourth-order valence-electron chi connectivity index (χ4n) is 1.91. The highest BCUT2D eigenvalue weighted by atomic mass is 16.7. The summed E-state index contributed by atoms with van der Waals surface area (Å²) in [6.45, 7) is 0.401. The summed E-state index contributed by atoms with van der Waals surface area (Å²) in [5.41, 5.74) is 7.56. The van der Waals surface area contributed by atoms with Crippen LogP contribution >= 0.6 is 0 Å². The Morgan fingerprint density at radius 1 is 1.16 bits per heavy atom. The predicted molar refractivity (Wildman–Crippen MR) is 72.5 cm³/mol. The summed E-state index contributed by atoms with van der Waals surface area (Å²) >= 11 is 0. The molecule has 0 aliphatic rings. The molecule has 0 unspecified atom stereocenters. The van der Waals surface area contributed by atoms with Gasteiger partial charge in [-0.05, 0) is 23.8 Å². The zero-order valence-electron chi connectivity index (χ0n) is 10.2. The molecule has 5 heteroatoms. The molecule has 0 radical (unpaired) electrons. The smallest absolute Gasteiger partial charge is 0.157 e. The van der Waals surface area contributed by atoms with Crippen LogP contribution in [0.5, 0.6) is 5.75 Å². The zero-order chi connectivity index (χ0) is 13.2. The molecule has 2 aromatic carbocycles. The SMILES string of the molecule is Nc1nn(OCc2ccccc2)c2ccc(O)cc12. The molecule has 3 aromatic rings. The van der Waals surface area contributed by atoms with Gasteiger partial charge in [0.15, 0.2) is 5.82 Å². The standard InChI is InChI=1S/C14H13N3O2/c15-14-12-8-11(18)6-7-13(12)17(16-14)19-9-10-4-2-1-3-5-10/h1-8,18H,9H2,(H2,15,16). The van der Waals surface area contributed by atoms with Crippen LogP contribution in [-0.4, -0.2) is 15.1 Å². The maximum atomic E-state index is 9.44. The van der Waals surface area contributed by atoms with Gasteiger partial charge in [-0.1, -0.05) is 35.2 Å². The summed E-state index contributed by atoms with van der Waals surface area (Å²) in [4.78, 5) is 7.00. The van der Waals surface area contributed by atoms with E-state index in [0.717, 1.165) is 11.1 Å². The van der Waals surface area contributed by atoms with Crippen molar-refractivity contribution >= 4 is 16.7 Å². The molecule has 3 N–H and O–H groups in total. The average Bonchev–Trinajstić information content (AvgIpc) is 2.74. The van der Waals surface area contributed by atoms with Crippen molar-refractivity contribution < 1.29 is 9.94 Å². The van der Waals surface area contributed by atoms with Gasteiger partial charge in [-0.25, -0.2) is 0 Å². The summed E-state index contributed by atoms with van der Waals surface area (Å²) in [7, 11) is 0. The minimum Gasteiger partial charge on any atom is -0.508 e. The van der Waals surface area contributed by atoms with Crippen LogP contribution in [0.25, 0.3) is 10.9 Å². The number of benzene rings is 2. The number of nitrogens with two attached hydrogens (primary N) is 1. The van der Waals surface area contributed by atoms with Crippen molar-refractivity contribution in [3.63, 3.8) is 0 Å². The van der Waals surface area contributed by atoms with E-state index in [9.17, 15) is 5.11 Å². The number of phenolic OH excluding ortho intramolecular Hbond substituents is 1. The first kappa shape index (κ1) is 11.4. The van der Waals surface area contributed by atoms with Crippen molar-refractivity contribution in [3.05, 3.63) is 54.1 Å². The molecule has 0 spiro atoms. The number of nitrogens with zero attached hydrogens (tertiary/aromatic N) is 2. The third kappa shape index (κ3) is 2.18. The predicted octanol–water partition coefficient (Wildman–Crippen LogP) is 1.95. The second-order valence-corrected chi connectivity index (χ2v) is 4.22. The maximum absolute atomic E-state index is 9.44. The number of fused-ring (bicyclic) bond motifs is 1. The molecule has 0 saturated heterocycles. The van der Waals surface area contributed by atoms with Crippen LogP contribution in [0.3, 0.4) is 0 Å². The minimum atomic E-state index is 0.154. The molecule has 0 saturated carbocycles. The number of phenols is 1. The van der Waals surface area contributed by atoms with E-state index < -0.39 is 0 Å². The first-order chi connectivity index (χ1) is 9.24. The van der Waals surface area contributed by atoms with E-state index in [1.165, 1.54) is 4.85 Å². The Hall–Kier alpha value is -2.69. The van der Waals surface area contributed by atoms with Gasteiger partial charge < -0.3 is 15.7 Å². The third-order valence-electron chi connectivity index (χ3n) is 2.86. The largest absolute Gasteiger partial charge is 0.508 e. The van der Waals surface area contributed by atoms with Gasteiger partial charge in [-0.3, -0.25) is 0 Å². The Morgan fingerprint density at radius 3 is 2.74 bits per heavy atom. The number of anilines is 1. The van der Waals surface area contributed by atoms with Gasteiger partial charge in [0, 0.05) is 0 Å². The van der Waals surface area contributed by atoms with Crippen molar-refractivity contribution in [2.75, 3.05) is 5.73 Å². The molecular formula is C14H13N3O2. The lowest BCUT2D eigenvalue weighted by Gasteiger charge is -2.06. The van der Waals surface area contributed by atoms with Gasteiger partial charge in [-0.2, -0.15) is 0 Å². The quantitative estimate of drug-likeness (QED) is 0.750. The zero-order valence-corrected chi connectivity index (χ0v) is 10.2. The van der Waals surface area contributed by atoms with Gasteiger partial charge in [0.1, 0.15) is 17.9 Å². The molecule has 0 atom stereocenters. The lowest BCUT2D eigenvalue weighted by molar-refractivity contribution is 0.0802. The monoisotopic (exact) mass is 255 g/mol. The highest BCUT2D eigenvalue weighted by Crippen LogP contribution is 2.24. The molecule has 3 rings (SSSR count). The first-order valence-corrected chi connectivity index (χ1v) is 5.88. The molecule has 0 aliphatic carbocycles. The van der Waals surface area contributed by atoms with Crippen LogP contribution in [-0.2, 0) is 6.61 Å². The fourth-order valence-corrected chi connectivity index (χ4v) is 1.91. The lowest BCUT2D eigenvalue weighted by atomic mass is 10.2. The van der Waals surface area contributed by atoms with Crippen LogP contribution in [0.4, 0.5) is 5.82 Å². The van der Waals surface area contributed by atoms with Crippen molar-refractivity contribution in [1.82, 2.24) is 9.94 Å². The Morgan fingerprint density at radius 2 is 1.95 bits per heavy atom. The maximum Gasteiger partial charge on any atom is 0.157 e. The van der Waals surface area contributed by atoms with Gasteiger partial charge in [0.25, 0.3) is 0 Å². The second kappa shape index (κ2) is 4.53. The lowest BCUT2D eigenvalue weighted by Crippen LogP contribution is -2.12. The Bertz CT molecular complexity index is 707. The summed E-state index contributed by atoms with van der Waals surface area (Å²) in [6.07, 6.45) is 0. The topological polar surface area (TPSA) is 73.3 Å². The first-order valence-electron chi connectivity index (χ1n) is 5.88. The summed E-state index contributed by atoms with van der Waals surface area (Å²) < 4.78 is 0. The van der Waals surface area contributed by atoms with E-state index in [4.69, 9.17) is 10.6 Å². The van der Waals surface area contributed by atoms with Crippen LogP contribution in [0.2, 0.25) is 0 Å². The van der Waals surface area contributed by atoms with E-state index in [1.54, 1.807) is 18.2 Å². The van der Waals surface area contributed by atoms with E-state index in [2.05, 4.69) is 5.10 Å². The van der Waals surface area contributed by atoms with E-state index in [1.807, 2.05) is 30.3 Å². The molecule has 96 valence electrons. The van der Waals surface area contributed by atoms with Crippen LogP contribution in [0, 0.1) is 0 Å². The molecule has 0 amide bonds. The van der Waals surface area contributed by atoms with Gasteiger partial charge >= 0.3 is 0 Å². The van der Waals surface area contributed by atoms with Crippen LogP contribution in [0.1, 0.15) is 5.56 Å². The highest BCUT2D eigenvalue weighted by molar-refractivity contribution is 5.89. The Kier molecular flexibility index (Phi) is 2.72. The van der Waals surface area contributed by atoms with E-state index in [-0.39, 0.29) is 5.75 Å². The highest BCUT2D eigenvalue weighted by Gasteiger charge is 2.09. The van der Waals surface area contributed by atoms with Gasteiger partial charge in [-0.15, -0.1) is 5.10 Å². The number of hydrogen-bond donors (Lipinski definition) is 2. The molecule has 19 heavy (non-hydrogen) atoms. The fraction of sp³-hybridized carbons (Fsp3) is 0.0714. The minimum absolute atomic E-state index is 0.154. The molecule has 0 fully saturated rings. The van der Waals surface area contributed by atoms with Crippen molar-refractivity contribution in [1.29, 1.82) is 0 Å². The van der Waals surface area contributed by atoms with E-state index >= 15 is 0 Å². The normalized spacial score (nSPS) is 10.7. The Balaban J connectivity index is 1.89. The summed E-state index contributed by atoms with van der Waals surface area (Å²) in [5.74, 6) is 0.487. The molecule has 1 heterocycles. The van der Waals surface area contributed by atoms with Crippen LogP contribution < -0.4 is 10.6 Å². The number of rotatable bonds is 3. The molecule has 5 nitrogen and oxygen atoms in total. The molecular weight excluding hydrogens is 242 g/mol. The molecule has 1 aromatic heterocycles. The third-order valence-corrected chi connectivity index (χ3v) is 2.86. The summed E-state index contributed by atoms with van der Waals surface area (Å²) in [5, 5.41) is 14.2. The number of aromatic nitrogens is 2.